The van der Waals surface area contributed by atoms with Gasteiger partial charge in [-0.05, 0) is 69.7 Å². The maximum absolute atomic E-state index is 12.5. The van der Waals surface area contributed by atoms with Crippen molar-refractivity contribution in [1.29, 1.82) is 0 Å². The second kappa shape index (κ2) is 9.77. The third kappa shape index (κ3) is 5.72. The summed E-state index contributed by atoms with van der Waals surface area (Å²) in [6.07, 6.45) is 9.15. The molecule has 0 spiro atoms. The molecule has 2 N–H and O–H groups in total. The van der Waals surface area contributed by atoms with Gasteiger partial charge in [0.15, 0.2) is 0 Å². The third-order valence-corrected chi connectivity index (χ3v) is 5.85. The van der Waals surface area contributed by atoms with Crippen LogP contribution < -0.4 is 15.4 Å². The summed E-state index contributed by atoms with van der Waals surface area (Å²) in [5, 5.41) is 6.23. The molecule has 2 amide bonds. The van der Waals surface area contributed by atoms with E-state index in [1.165, 1.54) is 19.3 Å². The van der Waals surface area contributed by atoms with E-state index in [1.807, 2.05) is 31.2 Å². The van der Waals surface area contributed by atoms with E-state index >= 15 is 0 Å². The lowest BCUT2D eigenvalue weighted by Crippen LogP contribution is -2.41. The van der Waals surface area contributed by atoms with Crippen LogP contribution in [0.15, 0.2) is 24.3 Å². The molecule has 1 aromatic carbocycles. The fraction of sp³-hybridized carbons (Fsp3) is 0.636. The summed E-state index contributed by atoms with van der Waals surface area (Å²) >= 11 is 0. The van der Waals surface area contributed by atoms with Gasteiger partial charge in [-0.1, -0.05) is 19.3 Å². The van der Waals surface area contributed by atoms with Gasteiger partial charge >= 0.3 is 0 Å². The Balaban J connectivity index is 1.42. The summed E-state index contributed by atoms with van der Waals surface area (Å²) < 4.78 is 5.42. The van der Waals surface area contributed by atoms with Crippen molar-refractivity contribution in [2.24, 2.45) is 11.8 Å². The van der Waals surface area contributed by atoms with Crippen molar-refractivity contribution in [3.8, 4) is 5.75 Å². The average Bonchev–Trinajstić information content (AvgIpc) is 2.70. The molecule has 148 valence electrons. The highest BCUT2D eigenvalue weighted by Crippen LogP contribution is 2.30. The van der Waals surface area contributed by atoms with Gasteiger partial charge in [-0.15, -0.1) is 0 Å². The number of amides is 2. The number of benzene rings is 1. The van der Waals surface area contributed by atoms with Crippen LogP contribution in [0.1, 0.15) is 64.7 Å². The van der Waals surface area contributed by atoms with Crippen LogP contribution in [0.5, 0.6) is 5.75 Å². The van der Waals surface area contributed by atoms with Gasteiger partial charge in [0.1, 0.15) is 5.75 Å². The standard InChI is InChI=1S/C22H32N2O3/c1-2-27-20-14-12-19(13-15-20)24-22(26)17-10-8-16(9-11-17)21(25)23-18-6-4-3-5-7-18/h12-18H,2-11H2,1H3,(H,23,25)(H,24,26). The number of rotatable bonds is 6. The molecule has 0 atom stereocenters. The Morgan fingerprint density at radius 3 is 2.07 bits per heavy atom. The van der Waals surface area contributed by atoms with Crippen LogP contribution >= 0.6 is 0 Å². The lowest BCUT2D eigenvalue weighted by Gasteiger charge is -2.29. The molecular weight excluding hydrogens is 340 g/mol. The van der Waals surface area contributed by atoms with E-state index in [2.05, 4.69) is 10.6 Å². The smallest absolute Gasteiger partial charge is 0.227 e. The zero-order chi connectivity index (χ0) is 19.1. The topological polar surface area (TPSA) is 67.4 Å². The number of carbonyl (C=O) groups is 2. The predicted molar refractivity (Wildman–Crippen MR) is 107 cm³/mol. The molecule has 0 heterocycles. The van der Waals surface area contributed by atoms with Gasteiger partial charge in [-0.2, -0.15) is 0 Å². The molecule has 2 aliphatic rings. The molecule has 0 aromatic heterocycles. The largest absolute Gasteiger partial charge is 0.494 e. The summed E-state index contributed by atoms with van der Waals surface area (Å²) in [6.45, 7) is 2.57. The summed E-state index contributed by atoms with van der Waals surface area (Å²) in [5.41, 5.74) is 0.792. The van der Waals surface area contributed by atoms with Crippen LogP contribution in [0.2, 0.25) is 0 Å². The van der Waals surface area contributed by atoms with Gasteiger partial charge < -0.3 is 15.4 Å². The van der Waals surface area contributed by atoms with E-state index in [4.69, 9.17) is 4.74 Å². The first-order valence-electron chi connectivity index (χ1n) is 10.5. The molecular formula is C22H32N2O3. The number of ether oxygens (including phenoxy) is 1. The zero-order valence-corrected chi connectivity index (χ0v) is 16.3. The highest BCUT2D eigenvalue weighted by atomic mass is 16.5. The van der Waals surface area contributed by atoms with E-state index in [0.717, 1.165) is 50.0 Å². The van der Waals surface area contributed by atoms with Crippen molar-refractivity contribution in [2.45, 2.75) is 70.8 Å². The molecule has 0 aliphatic heterocycles. The van der Waals surface area contributed by atoms with E-state index in [-0.39, 0.29) is 23.7 Å². The van der Waals surface area contributed by atoms with Crippen LogP contribution in [0, 0.1) is 11.8 Å². The molecule has 5 heteroatoms. The molecule has 0 radical (unpaired) electrons. The Bertz CT molecular complexity index is 615. The molecule has 2 fully saturated rings. The van der Waals surface area contributed by atoms with Crippen molar-refractivity contribution in [1.82, 2.24) is 5.32 Å². The first-order chi connectivity index (χ1) is 13.2. The lowest BCUT2D eigenvalue weighted by molar-refractivity contribution is -0.129. The molecule has 0 saturated heterocycles. The minimum absolute atomic E-state index is 0.00435. The van der Waals surface area contributed by atoms with Gasteiger partial charge in [0, 0.05) is 23.6 Å². The summed E-state index contributed by atoms with van der Waals surface area (Å²) in [5.74, 6) is 1.13. The minimum Gasteiger partial charge on any atom is -0.494 e. The average molecular weight is 373 g/mol. The first kappa shape index (κ1) is 19.7. The van der Waals surface area contributed by atoms with E-state index in [9.17, 15) is 9.59 Å². The van der Waals surface area contributed by atoms with Crippen molar-refractivity contribution >= 4 is 17.5 Å². The van der Waals surface area contributed by atoms with Crippen LogP contribution in [-0.4, -0.2) is 24.5 Å². The van der Waals surface area contributed by atoms with Crippen LogP contribution in [0.25, 0.3) is 0 Å². The summed E-state index contributed by atoms with van der Waals surface area (Å²) in [4.78, 5) is 25.0. The normalized spacial score (nSPS) is 23.4. The van der Waals surface area contributed by atoms with Crippen molar-refractivity contribution < 1.29 is 14.3 Å². The van der Waals surface area contributed by atoms with Crippen LogP contribution in [0.4, 0.5) is 5.69 Å². The summed E-state index contributed by atoms with van der Waals surface area (Å²) in [7, 11) is 0. The maximum atomic E-state index is 12.5. The van der Waals surface area contributed by atoms with E-state index in [1.54, 1.807) is 0 Å². The molecule has 3 rings (SSSR count). The van der Waals surface area contributed by atoms with Crippen molar-refractivity contribution in [3.63, 3.8) is 0 Å². The van der Waals surface area contributed by atoms with Gasteiger partial charge in [0.25, 0.3) is 0 Å². The molecule has 2 aliphatic carbocycles. The summed E-state index contributed by atoms with van der Waals surface area (Å²) in [6, 6.07) is 7.84. The monoisotopic (exact) mass is 372 g/mol. The second-order valence-corrected chi connectivity index (χ2v) is 7.84. The number of carbonyl (C=O) groups excluding carboxylic acids is 2. The number of nitrogens with one attached hydrogen (secondary N) is 2. The van der Waals surface area contributed by atoms with E-state index < -0.39 is 0 Å². The maximum Gasteiger partial charge on any atom is 0.227 e. The third-order valence-electron chi connectivity index (χ3n) is 5.85. The van der Waals surface area contributed by atoms with Crippen LogP contribution in [0.3, 0.4) is 0 Å². The Morgan fingerprint density at radius 2 is 1.48 bits per heavy atom. The Morgan fingerprint density at radius 1 is 0.889 bits per heavy atom. The quantitative estimate of drug-likeness (QED) is 0.783. The molecule has 2 saturated carbocycles. The van der Waals surface area contributed by atoms with Gasteiger partial charge in [0.2, 0.25) is 11.8 Å². The highest BCUT2D eigenvalue weighted by molar-refractivity contribution is 5.92. The number of hydrogen-bond acceptors (Lipinski definition) is 3. The molecule has 0 unspecified atom stereocenters. The Hall–Kier alpha value is -2.04. The van der Waals surface area contributed by atoms with Gasteiger partial charge in [-0.3, -0.25) is 9.59 Å². The van der Waals surface area contributed by atoms with Gasteiger partial charge in [0.05, 0.1) is 6.61 Å². The SMILES string of the molecule is CCOc1ccc(NC(=O)C2CCC(C(=O)NC3CCCCC3)CC2)cc1. The fourth-order valence-electron chi connectivity index (χ4n) is 4.23. The van der Waals surface area contributed by atoms with Crippen LogP contribution in [-0.2, 0) is 9.59 Å². The van der Waals surface area contributed by atoms with E-state index in [0.29, 0.717) is 12.6 Å². The highest BCUT2D eigenvalue weighted by Gasteiger charge is 2.31. The molecule has 27 heavy (non-hydrogen) atoms. The predicted octanol–water partition coefficient (Wildman–Crippen LogP) is 4.28. The minimum atomic E-state index is -0.00435. The second-order valence-electron chi connectivity index (χ2n) is 7.84. The molecule has 0 bridgehead atoms. The Kier molecular flexibility index (Phi) is 7.13. The first-order valence-corrected chi connectivity index (χ1v) is 10.5. The molecule has 5 nitrogen and oxygen atoms in total. The zero-order valence-electron chi connectivity index (χ0n) is 16.3. The fourth-order valence-corrected chi connectivity index (χ4v) is 4.23. The Labute approximate surface area is 162 Å². The lowest BCUT2D eigenvalue weighted by atomic mass is 9.80. The number of hydrogen-bond donors (Lipinski definition) is 2. The molecule has 1 aromatic rings. The van der Waals surface area contributed by atoms with Crippen molar-refractivity contribution in [2.75, 3.05) is 11.9 Å². The van der Waals surface area contributed by atoms with Gasteiger partial charge in [-0.25, -0.2) is 0 Å². The number of anilines is 1. The van der Waals surface area contributed by atoms with Crippen molar-refractivity contribution in [3.05, 3.63) is 24.3 Å².